The first kappa shape index (κ1) is 15.4. The van der Waals surface area contributed by atoms with Crippen LogP contribution >= 0.6 is 0 Å². The number of rotatable bonds is 7. The number of hydrogen-bond donors (Lipinski definition) is 1. The summed E-state index contributed by atoms with van der Waals surface area (Å²) >= 11 is 0. The molecule has 0 spiro atoms. The van der Waals surface area contributed by atoms with Gasteiger partial charge in [-0.3, -0.25) is 4.68 Å². The fourth-order valence-electron chi connectivity index (χ4n) is 2.31. The monoisotopic (exact) mass is 289 g/mol. The van der Waals surface area contributed by atoms with Gasteiger partial charge >= 0.3 is 0 Å². The van der Waals surface area contributed by atoms with Crippen LogP contribution < -0.4 is 14.8 Å². The molecule has 1 aromatic carbocycles. The molecule has 114 valence electrons. The second-order valence-corrected chi connectivity index (χ2v) is 4.85. The molecule has 0 saturated carbocycles. The van der Waals surface area contributed by atoms with Crippen LogP contribution in [0.15, 0.2) is 24.4 Å². The summed E-state index contributed by atoms with van der Waals surface area (Å²) in [6, 6.07) is 5.87. The first-order valence-electron chi connectivity index (χ1n) is 7.12. The van der Waals surface area contributed by atoms with Crippen molar-refractivity contribution < 1.29 is 9.47 Å². The lowest BCUT2D eigenvalue weighted by atomic mass is 10.2. The molecule has 1 N–H and O–H groups in total. The van der Waals surface area contributed by atoms with Crippen LogP contribution in [0.25, 0.3) is 0 Å². The molecular formula is C16H23N3O2. The van der Waals surface area contributed by atoms with Gasteiger partial charge < -0.3 is 14.8 Å². The van der Waals surface area contributed by atoms with Crippen molar-refractivity contribution in [3.63, 3.8) is 0 Å². The molecule has 2 aromatic rings. The van der Waals surface area contributed by atoms with Crippen molar-refractivity contribution in [2.75, 3.05) is 14.2 Å². The van der Waals surface area contributed by atoms with E-state index >= 15 is 0 Å². The van der Waals surface area contributed by atoms with Crippen LogP contribution in [0.3, 0.4) is 0 Å². The predicted octanol–water partition coefficient (Wildman–Crippen LogP) is 2.52. The second kappa shape index (κ2) is 7.13. The highest BCUT2D eigenvalue weighted by Gasteiger charge is 2.07. The Kier molecular flexibility index (Phi) is 5.22. The van der Waals surface area contributed by atoms with Crippen molar-refractivity contribution in [2.24, 2.45) is 0 Å². The molecule has 0 aliphatic carbocycles. The first-order chi connectivity index (χ1) is 10.2. The zero-order chi connectivity index (χ0) is 15.2. The Bertz CT molecular complexity index is 593. The number of aromatic nitrogens is 2. The molecule has 0 fully saturated rings. The number of aryl methyl sites for hydroxylation is 1. The van der Waals surface area contributed by atoms with E-state index < -0.39 is 0 Å². The zero-order valence-corrected chi connectivity index (χ0v) is 13.1. The Morgan fingerprint density at radius 3 is 2.52 bits per heavy atom. The summed E-state index contributed by atoms with van der Waals surface area (Å²) in [5, 5.41) is 7.79. The van der Waals surface area contributed by atoms with Crippen molar-refractivity contribution >= 4 is 0 Å². The van der Waals surface area contributed by atoms with Gasteiger partial charge in [0.25, 0.3) is 0 Å². The first-order valence-corrected chi connectivity index (χ1v) is 7.12. The van der Waals surface area contributed by atoms with E-state index in [4.69, 9.17) is 9.47 Å². The average Bonchev–Trinajstić information content (AvgIpc) is 2.88. The molecule has 0 aliphatic heterocycles. The summed E-state index contributed by atoms with van der Waals surface area (Å²) in [6.07, 6.45) is 1.93. The van der Waals surface area contributed by atoms with E-state index in [9.17, 15) is 0 Å². The standard InChI is InChI=1S/C16H23N3O2/c1-5-19-12(2)14(11-18-19)10-17-9-13-6-7-15(20-3)8-16(13)21-4/h6-8,11,17H,5,9-10H2,1-4H3. The lowest BCUT2D eigenvalue weighted by Crippen LogP contribution is -2.14. The van der Waals surface area contributed by atoms with E-state index in [1.54, 1.807) is 14.2 Å². The topological polar surface area (TPSA) is 48.3 Å². The molecule has 0 saturated heterocycles. The molecule has 1 aromatic heterocycles. The maximum Gasteiger partial charge on any atom is 0.127 e. The number of benzene rings is 1. The van der Waals surface area contributed by atoms with E-state index in [2.05, 4.69) is 24.3 Å². The summed E-state index contributed by atoms with van der Waals surface area (Å²) < 4.78 is 12.6. The molecule has 0 unspecified atom stereocenters. The minimum Gasteiger partial charge on any atom is -0.497 e. The number of hydrogen-bond acceptors (Lipinski definition) is 4. The molecule has 0 radical (unpaired) electrons. The average molecular weight is 289 g/mol. The Labute approximate surface area is 125 Å². The maximum atomic E-state index is 5.40. The Morgan fingerprint density at radius 1 is 1.14 bits per heavy atom. The summed E-state index contributed by atoms with van der Waals surface area (Å²) in [5.74, 6) is 1.64. The van der Waals surface area contributed by atoms with Crippen molar-refractivity contribution in [2.45, 2.75) is 33.5 Å². The highest BCUT2D eigenvalue weighted by molar-refractivity contribution is 5.40. The van der Waals surface area contributed by atoms with Crippen LogP contribution in [0.4, 0.5) is 0 Å². The lowest BCUT2D eigenvalue weighted by molar-refractivity contribution is 0.390. The molecule has 0 amide bonds. The number of nitrogens with one attached hydrogen (secondary N) is 1. The van der Waals surface area contributed by atoms with E-state index in [0.717, 1.165) is 36.7 Å². The molecule has 21 heavy (non-hydrogen) atoms. The van der Waals surface area contributed by atoms with Crippen LogP contribution in [-0.4, -0.2) is 24.0 Å². The van der Waals surface area contributed by atoms with E-state index in [1.165, 1.54) is 11.3 Å². The molecule has 0 atom stereocenters. The minimum atomic E-state index is 0.740. The van der Waals surface area contributed by atoms with Crippen LogP contribution in [-0.2, 0) is 19.6 Å². The number of methoxy groups -OCH3 is 2. The predicted molar refractivity (Wildman–Crippen MR) is 82.7 cm³/mol. The summed E-state index contributed by atoms with van der Waals surface area (Å²) in [4.78, 5) is 0. The van der Waals surface area contributed by atoms with Crippen molar-refractivity contribution in [1.29, 1.82) is 0 Å². The third kappa shape index (κ3) is 3.55. The van der Waals surface area contributed by atoms with Crippen LogP contribution in [0.1, 0.15) is 23.7 Å². The maximum absolute atomic E-state index is 5.40. The van der Waals surface area contributed by atoms with Crippen molar-refractivity contribution in [3.8, 4) is 11.5 Å². The van der Waals surface area contributed by atoms with Crippen LogP contribution in [0, 0.1) is 6.92 Å². The molecule has 2 rings (SSSR count). The SMILES string of the molecule is CCn1ncc(CNCc2ccc(OC)cc2OC)c1C. The third-order valence-corrected chi connectivity index (χ3v) is 3.63. The molecule has 0 aliphatic rings. The summed E-state index contributed by atoms with van der Waals surface area (Å²) in [7, 11) is 3.33. The fraction of sp³-hybridized carbons (Fsp3) is 0.438. The molecular weight excluding hydrogens is 266 g/mol. The van der Waals surface area contributed by atoms with Gasteiger partial charge in [0.05, 0.1) is 20.4 Å². The highest BCUT2D eigenvalue weighted by atomic mass is 16.5. The van der Waals surface area contributed by atoms with Crippen LogP contribution in [0.5, 0.6) is 11.5 Å². The second-order valence-electron chi connectivity index (χ2n) is 4.85. The van der Waals surface area contributed by atoms with E-state index in [-0.39, 0.29) is 0 Å². The van der Waals surface area contributed by atoms with Crippen molar-refractivity contribution in [1.82, 2.24) is 15.1 Å². The highest BCUT2D eigenvalue weighted by Crippen LogP contribution is 2.24. The summed E-state index contributed by atoms with van der Waals surface area (Å²) in [5.41, 5.74) is 3.55. The molecule has 1 heterocycles. The zero-order valence-electron chi connectivity index (χ0n) is 13.1. The van der Waals surface area contributed by atoms with Gasteiger partial charge in [-0.2, -0.15) is 5.10 Å². The Hall–Kier alpha value is -2.01. The minimum absolute atomic E-state index is 0.740. The van der Waals surface area contributed by atoms with Gasteiger partial charge in [0.15, 0.2) is 0 Å². The summed E-state index contributed by atoms with van der Waals surface area (Å²) in [6.45, 7) is 6.63. The smallest absolute Gasteiger partial charge is 0.127 e. The van der Waals surface area contributed by atoms with Gasteiger partial charge in [-0.25, -0.2) is 0 Å². The van der Waals surface area contributed by atoms with Crippen LogP contribution in [0.2, 0.25) is 0 Å². The Morgan fingerprint density at radius 2 is 1.90 bits per heavy atom. The fourth-order valence-corrected chi connectivity index (χ4v) is 2.31. The lowest BCUT2D eigenvalue weighted by Gasteiger charge is -2.11. The van der Waals surface area contributed by atoms with E-state index in [1.807, 2.05) is 29.1 Å². The molecule has 5 nitrogen and oxygen atoms in total. The normalized spacial score (nSPS) is 10.7. The van der Waals surface area contributed by atoms with Gasteiger partial charge in [0.1, 0.15) is 11.5 Å². The number of ether oxygens (including phenoxy) is 2. The van der Waals surface area contributed by atoms with Gasteiger partial charge in [0.2, 0.25) is 0 Å². The van der Waals surface area contributed by atoms with Crippen molar-refractivity contribution in [3.05, 3.63) is 41.2 Å². The third-order valence-electron chi connectivity index (χ3n) is 3.63. The quantitative estimate of drug-likeness (QED) is 0.851. The van der Waals surface area contributed by atoms with Gasteiger partial charge in [-0.1, -0.05) is 6.07 Å². The molecule has 0 bridgehead atoms. The van der Waals surface area contributed by atoms with Gasteiger partial charge in [-0.05, 0) is 19.9 Å². The van der Waals surface area contributed by atoms with Gasteiger partial charge in [0, 0.05) is 42.5 Å². The Balaban J connectivity index is 1.98. The number of nitrogens with zero attached hydrogens (tertiary/aromatic N) is 2. The van der Waals surface area contributed by atoms with Gasteiger partial charge in [-0.15, -0.1) is 0 Å². The molecule has 5 heteroatoms. The van der Waals surface area contributed by atoms with E-state index in [0.29, 0.717) is 0 Å². The largest absolute Gasteiger partial charge is 0.497 e.